The van der Waals surface area contributed by atoms with Crippen LogP contribution < -0.4 is 5.43 Å². The van der Waals surface area contributed by atoms with Crippen molar-refractivity contribution in [2.75, 3.05) is 5.43 Å². The molecule has 1 aromatic carbocycles. The maximum absolute atomic E-state index is 13.3. The number of hydrogen-bond donors (Lipinski definition) is 2. The molecule has 0 fully saturated rings. The lowest BCUT2D eigenvalue weighted by molar-refractivity contribution is 0.470. The lowest BCUT2D eigenvalue weighted by atomic mass is 10.3. The average molecular weight is 239 g/mol. The molecule has 0 saturated carbocycles. The topological polar surface area (TPSA) is 92.2 Å². The van der Waals surface area contributed by atoms with Crippen LogP contribution in [0.15, 0.2) is 17.2 Å². The summed E-state index contributed by atoms with van der Waals surface area (Å²) in [5.74, 6) is -1.32. The van der Waals surface area contributed by atoms with Crippen molar-refractivity contribution in [3.63, 3.8) is 0 Å². The van der Waals surface area contributed by atoms with Crippen LogP contribution in [-0.4, -0.2) is 10.8 Å². The van der Waals surface area contributed by atoms with Crippen molar-refractivity contribution in [3.8, 4) is 17.9 Å². The normalized spacial score (nSPS) is 8.75. The number of anilines is 1. The zero-order valence-electron chi connectivity index (χ0n) is 7.70. The molecule has 2 N–H and O–H groups in total. The molecule has 0 radical (unpaired) electrons. The van der Waals surface area contributed by atoms with Gasteiger partial charge in [0.05, 0.1) is 5.69 Å². The summed E-state index contributed by atoms with van der Waals surface area (Å²) in [5, 5.41) is 28.7. The molecule has 0 aliphatic heterocycles. The maximum Gasteiger partial charge on any atom is 0.237 e. The molecule has 0 spiro atoms. The molecule has 0 saturated heterocycles. The molecule has 0 heterocycles. The van der Waals surface area contributed by atoms with E-state index in [9.17, 15) is 4.39 Å². The quantitative estimate of drug-likeness (QED) is 0.468. The van der Waals surface area contributed by atoms with Crippen molar-refractivity contribution in [1.82, 2.24) is 0 Å². The van der Waals surface area contributed by atoms with Gasteiger partial charge in [0.25, 0.3) is 0 Å². The highest BCUT2D eigenvalue weighted by molar-refractivity contribution is 6.32. The first-order valence-corrected chi connectivity index (χ1v) is 4.28. The smallest absolute Gasteiger partial charge is 0.237 e. The molecule has 0 atom stereocenters. The minimum Gasteiger partial charge on any atom is -0.506 e. The Hall–Kier alpha value is -2.31. The molecule has 0 aliphatic carbocycles. The lowest BCUT2D eigenvalue weighted by Crippen LogP contribution is -1.98. The third-order valence-electron chi connectivity index (χ3n) is 1.56. The summed E-state index contributed by atoms with van der Waals surface area (Å²) in [6.07, 6.45) is 0. The Balaban J connectivity index is 3.02. The second-order valence-corrected chi connectivity index (χ2v) is 2.93. The van der Waals surface area contributed by atoms with E-state index in [1.54, 1.807) is 0 Å². The number of nitrogens with one attached hydrogen (secondary N) is 1. The molecule has 5 nitrogen and oxygen atoms in total. The zero-order chi connectivity index (χ0) is 12.1. The van der Waals surface area contributed by atoms with Crippen LogP contribution >= 0.6 is 11.6 Å². The van der Waals surface area contributed by atoms with E-state index in [0.717, 1.165) is 6.07 Å². The highest BCUT2D eigenvalue weighted by Gasteiger charge is 2.10. The molecule has 7 heteroatoms. The summed E-state index contributed by atoms with van der Waals surface area (Å²) in [7, 11) is 0. The van der Waals surface area contributed by atoms with E-state index in [2.05, 4.69) is 10.5 Å². The second kappa shape index (κ2) is 4.96. The Morgan fingerprint density at radius 1 is 1.44 bits per heavy atom. The Kier molecular flexibility index (Phi) is 3.65. The standard InChI is InChI=1S/C9H4ClFN4O/c10-8-7(16)2-1-6(9(8)11)15-14-5(3-12)4-13/h1-2,15-16H. The fourth-order valence-electron chi connectivity index (χ4n) is 0.817. The average Bonchev–Trinajstić information content (AvgIpc) is 2.30. The first-order valence-electron chi connectivity index (χ1n) is 3.91. The molecule has 0 aromatic heterocycles. The first-order chi connectivity index (χ1) is 7.60. The minimum atomic E-state index is -0.916. The number of phenolic OH excluding ortho intramolecular Hbond substituents is 1. The fourth-order valence-corrected chi connectivity index (χ4v) is 0.982. The highest BCUT2D eigenvalue weighted by atomic mass is 35.5. The fraction of sp³-hybridized carbons (Fsp3) is 0. The Bertz CT molecular complexity index is 514. The molecule has 0 aliphatic rings. The van der Waals surface area contributed by atoms with E-state index in [-0.39, 0.29) is 5.69 Å². The van der Waals surface area contributed by atoms with Gasteiger partial charge in [-0.2, -0.15) is 15.6 Å². The molecular formula is C9H4ClFN4O. The molecule has 16 heavy (non-hydrogen) atoms. The van der Waals surface area contributed by atoms with Crippen LogP contribution in [0.5, 0.6) is 5.75 Å². The number of phenols is 1. The molecule has 0 bridgehead atoms. The van der Waals surface area contributed by atoms with Crippen LogP contribution in [0, 0.1) is 28.5 Å². The summed E-state index contributed by atoms with van der Waals surface area (Å²) in [6.45, 7) is 0. The van der Waals surface area contributed by atoms with Crippen molar-refractivity contribution in [3.05, 3.63) is 23.0 Å². The van der Waals surface area contributed by atoms with Crippen LogP contribution in [0.25, 0.3) is 0 Å². The van der Waals surface area contributed by atoms with Crippen molar-refractivity contribution in [2.45, 2.75) is 0 Å². The third-order valence-corrected chi connectivity index (χ3v) is 1.92. The zero-order valence-corrected chi connectivity index (χ0v) is 8.46. The summed E-state index contributed by atoms with van der Waals surface area (Å²) in [5.41, 5.74) is 1.55. The van der Waals surface area contributed by atoms with Crippen molar-refractivity contribution < 1.29 is 9.50 Å². The van der Waals surface area contributed by atoms with Gasteiger partial charge in [0.1, 0.15) is 22.9 Å². The SMILES string of the molecule is N#CC(C#N)=NNc1ccc(O)c(Cl)c1F. The first kappa shape index (κ1) is 11.8. The van der Waals surface area contributed by atoms with Gasteiger partial charge in [-0.1, -0.05) is 11.6 Å². The van der Waals surface area contributed by atoms with Crippen LogP contribution in [0.1, 0.15) is 0 Å². The number of benzene rings is 1. The van der Waals surface area contributed by atoms with E-state index in [4.69, 9.17) is 27.2 Å². The lowest BCUT2D eigenvalue weighted by Gasteiger charge is -2.04. The Labute approximate surface area is 95.0 Å². The monoisotopic (exact) mass is 238 g/mol. The third kappa shape index (κ3) is 2.38. The largest absolute Gasteiger partial charge is 0.506 e. The van der Waals surface area contributed by atoms with Gasteiger partial charge in [-0.15, -0.1) is 0 Å². The number of hydrogen-bond acceptors (Lipinski definition) is 5. The van der Waals surface area contributed by atoms with Gasteiger partial charge in [0.15, 0.2) is 5.82 Å². The van der Waals surface area contributed by atoms with E-state index in [0.29, 0.717) is 0 Å². The number of aromatic hydroxyl groups is 1. The molecule has 0 amide bonds. The Morgan fingerprint density at radius 2 is 2.06 bits per heavy atom. The van der Waals surface area contributed by atoms with Gasteiger partial charge < -0.3 is 5.11 Å². The van der Waals surface area contributed by atoms with Crippen LogP contribution in [0.3, 0.4) is 0 Å². The summed E-state index contributed by atoms with van der Waals surface area (Å²) >= 11 is 5.42. The molecular weight excluding hydrogens is 235 g/mol. The minimum absolute atomic E-state index is 0.147. The Morgan fingerprint density at radius 3 is 2.62 bits per heavy atom. The van der Waals surface area contributed by atoms with Crippen molar-refractivity contribution in [2.24, 2.45) is 5.10 Å². The van der Waals surface area contributed by atoms with Gasteiger partial charge in [-0.25, -0.2) is 4.39 Å². The van der Waals surface area contributed by atoms with Gasteiger partial charge in [0.2, 0.25) is 5.71 Å². The van der Waals surface area contributed by atoms with E-state index < -0.39 is 22.3 Å². The number of nitriles is 2. The van der Waals surface area contributed by atoms with E-state index in [1.807, 2.05) is 0 Å². The van der Waals surface area contributed by atoms with Gasteiger partial charge in [-0.3, -0.25) is 5.43 Å². The van der Waals surface area contributed by atoms with E-state index >= 15 is 0 Å². The van der Waals surface area contributed by atoms with Gasteiger partial charge in [-0.05, 0) is 12.1 Å². The maximum atomic E-state index is 13.3. The summed E-state index contributed by atoms with van der Waals surface area (Å²) in [4.78, 5) is 0. The van der Waals surface area contributed by atoms with Crippen LogP contribution in [0.2, 0.25) is 5.02 Å². The highest BCUT2D eigenvalue weighted by Crippen LogP contribution is 2.30. The van der Waals surface area contributed by atoms with Gasteiger partial charge >= 0.3 is 0 Å². The number of nitrogens with zero attached hydrogens (tertiary/aromatic N) is 3. The predicted octanol–water partition coefficient (Wildman–Crippen LogP) is 2.00. The summed E-state index contributed by atoms with van der Waals surface area (Å²) in [6, 6.07) is 5.31. The summed E-state index contributed by atoms with van der Waals surface area (Å²) < 4.78 is 13.3. The number of rotatable bonds is 2. The van der Waals surface area contributed by atoms with E-state index in [1.165, 1.54) is 18.2 Å². The van der Waals surface area contributed by atoms with Crippen molar-refractivity contribution in [1.29, 1.82) is 10.5 Å². The molecule has 1 aromatic rings. The second-order valence-electron chi connectivity index (χ2n) is 2.56. The number of halogens is 2. The van der Waals surface area contributed by atoms with Crippen molar-refractivity contribution >= 4 is 23.0 Å². The van der Waals surface area contributed by atoms with Gasteiger partial charge in [0, 0.05) is 0 Å². The number of hydrazone groups is 1. The van der Waals surface area contributed by atoms with Crippen LogP contribution in [-0.2, 0) is 0 Å². The molecule has 0 unspecified atom stereocenters. The molecule has 1 rings (SSSR count). The van der Waals surface area contributed by atoms with Crippen LogP contribution in [0.4, 0.5) is 10.1 Å². The molecule has 80 valence electrons. The predicted molar refractivity (Wildman–Crippen MR) is 55.4 cm³/mol.